The van der Waals surface area contributed by atoms with E-state index in [1.54, 1.807) is 0 Å². The number of nitrogens with two attached hydrogens (primary N) is 1. The number of ether oxygens (including phenoxy) is 1. The minimum atomic E-state index is -2.16. The molecule has 0 aliphatic rings. The zero-order chi connectivity index (χ0) is 16.3. The number of rotatable bonds is 7. The van der Waals surface area contributed by atoms with Crippen LogP contribution in [-0.2, 0) is 4.74 Å². The fourth-order valence-electron chi connectivity index (χ4n) is 1.94. The van der Waals surface area contributed by atoms with Crippen molar-refractivity contribution in [3.8, 4) is 0 Å². The highest BCUT2D eigenvalue weighted by molar-refractivity contribution is 7.44. The lowest BCUT2D eigenvalue weighted by molar-refractivity contribution is 0.172. The van der Waals surface area contributed by atoms with Gasteiger partial charge in [0, 0.05) is 0 Å². The number of aliphatic hydroxyl groups excluding tert-OH is 1. The number of aliphatic hydroxyl groups is 1. The average Bonchev–Trinajstić information content (AvgIpc) is 2.83. The maximum atomic E-state index is 11.7. The van der Waals surface area contributed by atoms with Crippen LogP contribution in [0.3, 0.4) is 0 Å². The molecule has 120 valence electrons. The first kappa shape index (κ1) is 16.5. The molecule has 2 aromatic rings. The number of H-pyrrole nitrogens is 1. The summed E-state index contributed by atoms with van der Waals surface area (Å²) in [5.41, 5.74) is 5.80. The summed E-state index contributed by atoms with van der Waals surface area (Å²) in [5.74, 6) is -0.0657. The molecule has 0 saturated carbocycles. The van der Waals surface area contributed by atoms with Gasteiger partial charge in [0.2, 0.25) is 5.95 Å². The number of hydrogen-bond donors (Lipinski definition) is 5. The molecule has 0 bridgehead atoms. The molecular formula is C11H16N5O5P. The van der Waals surface area contributed by atoms with Crippen LogP contribution >= 0.6 is 8.38 Å². The largest absolute Gasteiger partial charge is 0.394 e. The molecule has 0 aromatic carbocycles. The Hall–Kier alpha value is -1.84. The molecule has 10 nitrogen and oxygen atoms in total. The van der Waals surface area contributed by atoms with Crippen molar-refractivity contribution < 1.29 is 19.6 Å². The number of nitrogens with zero attached hydrogens (tertiary/aromatic N) is 3. The van der Waals surface area contributed by atoms with Crippen LogP contribution in [0.5, 0.6) is 0 Å². The predicted octanol–water partition coefficient (Wildman–Crippen LogP) is -0.938. The van der Waals surface area contributed by atoms with Gasteiger partial charge in [-0.1, -0.05) is 6.58 Å². The van der Waals surface area contributed by atoms with E-state index in [0.717, 1.165) is 0 Å². The molecule has 6 N–H and O–H groups in total. The van der Waals surface area contributed by atoms with Gasteiger partial charge in [0.05, 0.1) is 25.6 Å². The Kier molecular flexibility index (Phi) is 5.22. The first-order valence-corrected chi connectivity index (χ1v) is 7.61. The fraction of sp³-hybridized carbons (Fsp3) is 0.364. The van der Waals surface area contributed by atoms with Gasteiger partial charge in [-0.2, -0.15) is 4.98 Å². The normalized spacial score (nSPS) is 12.9. The van der Waals surface area contributed by atoms with Crippen LogP contribution in [0.1, 0.15) is 6.04 Å². The molecule has 22 heavy (non-hydrogen) atoms. The van der Waals surface area contributed by atoms with E-state index in [-0.39, 0.29) is 36.7 Å². The van der Waals surface area contributed by atoms with Gasteiger partial charge in [-0.05, 0) is 5.57 Å². The summed E-state index contributed by atoms with van der Waals surface area (Å²) >= 11 is 0. The summed E-state index contributed by atoms with van der Waals surface area (Å²) in [4.78, 5) is 39.6. The molecule has 0 amide bonds. The number of aromatic amines is 1. The van der Waals surface area contributed by atoms with Gasteiger partial charge in [-0.15, -0.1) is 0 Å². The van der Waals surface area contributed by atoms with E-state index < -0.39 is 20.0 Å². The third-order valence-corrected chi connectivity index (χ3v) is 3.34. The van der Waals surface area contributed by atoms with E-state index in [9.17, 15) is 9.90 Å². The average molecular weight is 329 g/mol. The van der Waals surface area contributed by atoms with Gasteiger partial charge in [0.15, 0.2) is 19.5 Å². The van der Waals surface area contributed by atoms with Crippen molar-refractivity contribution in [2.24, 2.45) is 0 Å². The second-order valence-corrected chi connectivity index (χ2v) is 5.48. The van der Waals surface area contributed by atoms with Gasteiger partial charge in [0.25, 0.3) is 5.56 Å². The number of nitrogens with one attached hydrogen (secondary N) is 1. The summed E-state index contributed by atoms with van der Waals surface area (Å²) in [7, 11) is -2.16. The topological polar surface area (TPSA) is 160 Å². The van der Waals surface area contributed by atoms with Crippen molar-refractivity contribution in [1.29, 1.82) is 0 Å². The molecule has 0 aliphatic carbocycles. The second kappa shape index (κ2) is 6.95. The Morgan fingerprint density at radius 3 is 2.95 bits per heavy atom. The van der Waals surface area contributed by atoms with Gasteiger partial charge >= 0.3 is 0 Å². The highest BCUT2D eigenvalue weighted by Gasteiger charge is 2.19. The highest BCUT2D eigenvalue weighted by Crippen LogP contribution is 2.24. The van der Waals surface area contributed by atoms with Gasteiger partial charge < -0.3 is 29.9 Å². The zero-order valence-electron chi connectivity index (χ0n) is 11.5. The molecule has 2 aromatic heterocycles. The first-order chi connectivity index (χ1) is 10.4. The SMILES string of the molecule is C=C(COCP(O)O)C(CO)n1cnc2c(=O)[nH]c(N)nc21. The highest BCUT2D eigenvalue weighted by atomic mass is 31.2. The number of nitrogen functional groups attached to an aromatic ring is 1. The van der Waals surface area contributed by atoms with Crippen LogP contribution in [0.4, 0.5) is 5.95 Å². The maximum absolute atomic E-state index is 11.7. The molecule has 1 unspecified atom stereocenters. The summed E-state index contributed by atoms with van der Waals surface area (Å²) in [6.45, 7) is 3.47. The number of anilines is 1. The van der Waals surface area contributed by atoms with Crippen molar-refractivity contribution >= 4 is 25.5 Å². The lowest BCUT2D eigenvalue weighted by atomic mass is 10.1. The van der Waals surface area contributed by atoms with E-state index in [4.69, 9.17) is 20.3 Å². The Labute approximate surface area is 125 Å². The van der Waals surface area contributed by atoms with E-state index in [2.05, 4.69) is 21.5 Å². The third kappa shape index (κ3) is 3.49. The minimum absolute atomic E-state index is 0.00350. The quantitative estimate of drug-likeness (QED) is 0.321. The molecule has 2 heterocycles. The predicted molar refractivity (Wildman–Crippen MR) is 80.0 cm³/mol. The van der Waals surface area contributed by atoms with E-state index in [0.29, 0.717) is 5.57 Å². The van der Waals surface area contributed by atoms with Crippen LogP contribution < -0.4 is 11.3 Å². The summed E-state index contributed by atoms with van der Waals surface area (Å²) in [6.07, 6.45) is 1.13. The van der Waals surface area contributed by atoms with Crippen molar-refractivity contribution in [3.05, 3.63) is 28.8 Å². The molecule has 0 radical (unpaired) electrons. The van der Waals surface area contributed by atoms with Crippen LogP contribution in [-0.4, -0.2) is 54.0 Å². The molecule has 0 saturated heterocycles. The van der Waals surface area contributed by atoms with Crippen LogP contribution in [0, 0.1) is 0 Å². The molecule has 2 rings (SSSR count). The van der Waals surface area contributed by atoms with Crippen molar-refractivity contribution in [2.45, 2.75) is 6.04 Å². The second-order valence-electron chi connectivity index (χ2n) is 4.48. The minimum Gasteiger partial charge on any atom is -0.394 e. The van der Waals surface area contributed by atoms with Gasteiger partial charge in [0.1, 0.15) is 6.35 Å². The Morgan fingerprint density at radius 1 is 1.59 bits per heavy atom. The molecule has 11 heteroatoms. The Balaban J connectivity index is 2.28. The van der Waals surface area contributed by atoms with Gasteiger partial charge in [-0.3, -0.25) is 9.78 Å². The third-order valence-electron chi connectivity index (χ3n) is 2.92. The van der Waals surface area contributed by atoms with E-state index in [1.807, 2.05) is 0 Å². The number of aromatic nitrogens is 4. The van der Waals surface area contributed by atoms with Gasteiger partial charge in [-0.25, -0.2) is 4.98 Å². The van der Waals surface area contributed by atoms with E-state index in [1.165, 1.54) is 10.9 Å². The summed E-state index contributed by atoms with van der Waals surface area (Å²) in [6, 6.07) is -0.637. The monoisotopic (exact) mass is 329 g/mol. The molecular weight excluding hydrogens is 313 g/mol. The smallest absolute Gasteiger partial charge is 0.280 e. The molecule has 0 aliphatic heterocycles. The molecule has 0 fully saturated rings. The summed E-state index contributed by atoms with van der Waals surface area (Å²) < 4.78 is 6.53. The van der Waals surface area contributed by atoms with Crippen molar-refractivity contribution in [1.82, 2.24) is 19.5 Å². The van der Waals surface area contributed by atoms with Crippen LogP contribution in [0.25, 0.3) is 11.2 Å². The van der Waals surface area contributed by atoms with Crippen LogP contribution in [0.15, 0.2) is 23.3 Å². The molecule has 0 spiro atoms. The molecule has 1 atom stereocenters. The van der Waals surface area contributed by atoms with Crippen molar-refractivity contribution in [2.75, 3.05) is 25.3 Å². The van der Waals surface area contributed by atoms with Crippen LogP contribution in [0.2, 0.25) is 0 Å². The fourth-order valence-corrected chi connectivity index (χ4v) is 2.19. The first-order valence-electron chi connectivity index (χ1n) is 6.18. The number of imidazole rings is 1. The van der Waals surface area contributed by atoms with Crippen molar-refractivity contribution in [3.63, 3.8) is 0 Å². The Morgan fingerprint density at radius 2 is 2.32 bits per heavy atom. The Bertz CT molecular complexity index is 727. The maximum Gasteiger partial charge on any atom is 0.280 e. The lowest BCUT2D eigenvalue weighted by Gasteiger charge is -2.19. The van der Waals surface area contributed by atoms with E-state index >= 15 is 0 Å². The number of fused-ring (bicyclic) bond motifs is 1. The number of hydrogen-bond acceptors (Lipinski definition) is 8. The lowest BCUT2D eigenvalue weighted by Crippen LogP contribution is -2.19. The standard InChI is InChI=1S/C11H16N5O5P/c1-6(3-21-5-22(19)20)7(2-17)16-4-13-8-9(16)14-11(12)15-10(8)18/h4,7,17,19-20H,1-3,5H2,(H3,12,14,15,18). The summed E-state index contributed by atoms with van der Waals surface area (Å²) in [5, 5.41) is 9.57. The zero-order valence-corrected chi connectivity index (χ0v) is 12.4.